The largest absolute Gasteiger partial charge is 0.493 e. The molecule has 1 amide bonds. The number of aromatic nitrogens is 2. The highest BCUT2D eigenvalue weighted by atomic mass is 16.7. The van der Waals surface area contributed by atoms with E-state index in [0.717, 1.165) is 5.69 Å². The lowest BCUT2D eigenvalue weighted by Crippen LogP contribution is -2.39. The lowest BCUT2D eigenvalue weighted by atomic mass is 9.66. The van der Waals surface area contributed by atoms with Gasteiger partial charge in [-0.2, -0.15) is 0 Å². The van der Waals surface area contributed by atoms with E-state index in [1.807, 2.05) is 13.0 Å². The minimum absolute atomic E-state index is 0.0279. The summed E-state index contributed by atoms with van der Waals surface area (Å²) in [5.41, 5.74) is 4.03. The predicted molar refractivity (Wildman–Crippen MR) is 160 cm³/mol. The Morgan fingerprint density at radius 1 is 0.870 bits per heavy atom. The van der Waals surface area contributed by atoms with Crippen molar-refractivity contribution < 1.29 is 47.5 Å². The Labute approximate surface area is 265 Å². The second-order valence-corrected chi connectivity index (χ2v) is 11.5. The molecule has 1 fully saturated rings. The normalized spacial score (nSPS) is 20.7. The molecule has 2 aromatic carbocycles. The molecule has 0 saturated carbocycles. The zero-order valence-corrected chi connectivity index (χ0v) is 26.7. The molecule has 3 aliphatic rings. The van der Waals surface area contributed by atoms with E-state index in [0.29, 0.717) is 56.8 Å². The minimum atomic E-state index is -0.876. The van der Waals surface area contributed by atoms with Crippen molar-refractivity contribution in [2.24, 2.45) is 11.8 Å². The number of carbonyl (C=O) groups is 3. The van der Waals surface area contributed by atoms with Crippen LogP contribution in [0, 0.1) is 32.6 Å². The number of amides is 1. The van der Waals surface area contributed by atoms with Crippen molar-refractivity contribution in [1.29, 1.82) is 0 Å². The molecule has 13 heteroatoms. The standard InChI is InChI=1S/C33H35N3O10/c1-15-16(2)35-29(17(3)34-15)32(38)36(4)12-26(37)46-30-20-11-23-22(44-14-45-23)10-19(20)27(28-21(30)13-43-33(28)39)18-8-24(40-5)31(42-7)25(9-18)41-6/h8-11,21,27-28,30H,12-14H2,1-7H3/t21-,27+,28-,30-/m0/s1. The van der Waals surface area contributed by atoms with Gasteiger partial charge in [-0.3, -0.25) is 19.4 Å². The number of ether oxygens (including phenoxy) is 7. The fourth-order valence-corrected chi connectivity index (χ4v) is 6.49. The minimum Gasteiger partial charge on any atom is -0.493 e. The summed E-state index contributed by atoms with van der Waals surface area (Å²) < 4.78 is 39.9. The molecule has 2 aliphatic heterocycles. The van der Waals surface area contributed by atoms with Crippen molar-refractivity contribution in [1.82, 2.24) is 14.9 Å². The van der Waals surface area contributed by atoms with Gasteiger partial charge in [-0.15, -0.1) is 0 Å². The number of fused-ring (bicyclic) bond motifs is 3. The summed E-state index contributed by atoms with van der Waals surface area (Å²) in [5, 5.41) is 0. The van der Waals surface area contributed by atoms with E-state index in [-0.39, 0.29) is 25.6 Å². The van der Waals surface area contributed by atoms with Crippen LogP contribution in [0.5, 0.6) is 28.7 Å². The Kier molecular flexibility index (Phi) is 8.09. The Morgan fingerprint density at radius 2 is 1.50 bits per heavy atom. The van der Waals surface area contributed by atoms with E-state index in [2.05, 4.69) is 9.97 Å². The lowest BCUT2D eigenvalue weighted by Gasteiger charge is -2.38. The van der Waals surface area contributed by atoms with Crippen molar-refractivity contribution >= 4 is 17.8 Å². The molecule has 0 unspecified atom stereocenters. The van der Waals surface area contributed by atoms with Crippen LogP contribution in [0.15, 0.2) is 24.3 Å². The van der Waals surface area contributed by atoms with Crippen molar-refractivity contribution in [3.05, 3.63) is 63.7 Å². The molecule has 6 rings (SSSR count). The molecule has 0 N–H and O–H groups in total. The van der Waals surface area contributed by atoms with Crippen LogP contribution in [-0.2, 0) is 19.1 Å². The highest BCUT2D eigenvalue weighted by Crippen LogP contribution is 2.56. The number of hydrogen-bond acceptors (Lipinski definition) is 12. The van der Waals surface area contributed by atoms with Crippen LogP contribution in [0.1, 0.15) is 56.3 Å². The van der Waals surface area contributed by atoms with Crippen molar-refractivity contribution in [3.63, 3.8) is 0 Å². The number of rotatable bonds is 8. The van der Waals surface area contributed by atoms with Gasteiger partial charge in [0.1, 0.15) is 18.3 Å². The molecule has 3 aromatic rings. The van der Waals surface area contributed by atoms with Gasteiger partial charge in [0, 0.05) is 24.4 Å². The van der Waals surface area contributed by atoms with Crippen LogP contribution in [-0.4, -0.2) is 81.0 Å². The Balaban J connectivity index is 1.37. The first-order chi connectivity index (χ1) is 22.1. The molecular formula is C33H35N3O10. The fourth-order valence-electron chi connectivity index (χ4n) is 6.49. The number of methoxy groups -OCH3 is 3. The Morgan fingerprint density at radius 3 is 2.13 bits per heavy atom. The maximum Gasteiger partial charge on any atom is 0.326 e. The molecule has 1 saturated heterocycles. The van der Waals surface area contributed by atoms with Crippen LogP contribution in [0.3, 0.4) is 0 Å². The zero-order chi connectivity index (χ0) is 32.9. The van der Waals surface area contributed by atoms with E-state index in [1.165, 1.54) is 33.3 Å². The smallest absolute Gasteiger partial charge is 0.326 e. The third kappa shape index (κ3) is 5.19. The van der Waals surface area contributed by atoms with Gasteiger partial charge in [0.15, 0.2) is 23.0 Å². The van der Waals surface area contributed by atoms with Crippen LogP contribution in [0.25, 0.3) is 0 Å². The first kappa shape index (κ1) is 30.9. The summed E-state index contributed by atoms with van der Waals surface area (Å²) in [6.45, 7) is 4.99. The average molecular weight is 634 g/mol. The number of hydrogen-bond donors (Lipinski definition) is 0. The predicted octanol–water partition coefficient (Wildman–Crippen LogP) is 3.45. The molecule has 1 aromatic heterocycles. The third-order valence-electron chi connectivity index (χ3n) is 8.82. The van der Waals surface area contributed by atoms with Gasteiger partial charge in [-0.1, -0.05) is 0 Å². The monoisotopic (exact) mass is 633 g/mol. The maximum absolute atomic E-state index is 13.5. The number of esters is 2. The summed E-state index contributed by atoms with van der Waals surface area (Å²) >= 11 is 0. The summed E-state index contributed by atoms with van der Waals surface area (Å²) in [7, 11) is 6.05. The fraction of sp³-hybridized carbons (Fsp3) is 0.424. The summed E-state index contributed by atoms with van der Waals surface area (Å²) in [4.78, 5) is 50.2. The van der Waals surface area contributed by atoms with Crippen LogP contribution >= 0.6 is 0 Å². The Bertz CT molecular complexity index is 1720. The zero-order valence-electron chi connectivity index (χ0n) is 26.7. The number of nitrogens with zero attached hydrogens (tertiary/aromatic N) is 3. The van der Waals surface area contributed by atoms with E-state index in [9.17, 15) is 14.4 Å². The summed E-state index contributed by atoms with van der Waals surface area (Å²) in [5.74, 6) is -1.10. The van der Waals surface area contributed by atoms with Crippen LogP contribution in [0.4, 0.5) is 0 Å². The van der Waals surface area contributed by atoms with E-state index < -0.39 is 41.7 Å². The highest BCUT2D eigenvalue weighted by molar-refractivity contribution is 5.95. The maximum atomic E-state index is 13.5. The third-order valence-corrected chi connectivity index (χ3v) is 8.82. The van der Waals surface area contributed by atoms with E-state index in [1.54, 1.807) is 32.0 Å². The number of cyclic esters (lactones) is 1. The van der Waals surface area contributed by atoms with Gasteiger partial charge in [-0.05, 0) is 56.2 Å². The van der Waals surface area contributed by atoms with E-state index >= 15 is 0 Å². The molecule has 1 aliphatic carbocycles. The van der Waals surface area contributed by atoms with Gasteiger partial charge in [-0.25, -0.2) is 4.98 Å². The van der Waals surface area contributed by atoms with Crippen LogP contribution in [0.2, 0.25) is 0 Å². The van der Waals surface area contributed by atoms with Gasteiger partial charge < -0.3 is 38.1 Å². The van der Waals surface area contributed by atoms with Crippen molar-refractivity contribution in [2.45, 2.75) is 32.8 Å². The van der Waals surface area contributed by atoms with Gasteiger partial charge in [0.25, 0.3) is 5.91 Å². The molecule has 242 valence electrons. The van der Waals surface area contributed by atoms with E-state index in [4.69, 9.17) is 33.2 Å². The molecule has 0 bridgehead atoms. The second kappa shape index (κ2) is 12.0. The van der Waals surface area contributed by atoms with Gasteiger partial charge >= 0.3 is 11.9 Å². The topological polar surface area (TPSA) is 145 Å². The summed E-state index contributed by atoms with van der Waals surface area (Å²) in [6, 6.07) is 7.19. The molecular weight excluding hydrogens is 598 g/mol. The molecule has 4 atom stereocenters. The van der Waals surface area contributed by atoms with Crippen LogP contribution < -0.4 is 23.7 Å². The van der Waals surface area contributed by atoms with Crippen molar-refractivity contribution in [2.75, 3.05) is 48.3 Å². The lowest BCUT2D eigenvalue weighted by molar-refractivity contribution is -0.155. The average Bonchev–Trinajstić information content (AvgIpc) is 3.66. The number of carbonyl (C=O) groups excluding carboxylic acids is 3. The molecule has 46 heavy (non-hydrogen) atoms. The second-order valence-electron chi connectivity index (χ2n) is 11.5. The molecule has 0 radical (unpaired) electrons. The Hall–Kier alpha value is -5.07. The number of likely N-dealkylation sites (N-methyl/N-ethyl adjacent to an activating group) is 1. The summed E-state index contributed by atoms with van der Waals surface area (Å²) in [6.07, 6.45) is -0.876. The quantitative estimate of drug-likeness (QED) is 0.335. The molecule has 0 spiro atoms. The first-order valence-corrected chi connectivity index (χ1v) is 14.7. The molecule has 13 nitrogen and oxygen atoms in total. The highest BCUT2D eigenvalue weighted by Gasteiger charge is 2.54. The van der Waals surface area contributed by atoms with Gasteiger partial charge in [0.05, 0.1) is 50.9 Å². The SMILES string of the molecule is COc1cc([C@@H]2c3cc4c(cc3[C@H](OC(=O)CN(C)C(=O)c3nc(C)c(C)nc3C)[C@H]3COC(=O)[C@H]23)OCO4)cc(OC)c1OC. The van der Waals surface area contributed by atoms with Crippen molar-refractivity contribution in [3.8, 4) is 28.7 Å². The number of benzene rings is 2. The molecule has 3 heterocycles. The first-order valence-electron chi connectivity index (χ1n) is 14.7. The number of aryl methyl sites for hydroxylation is 3. The van der Waals surface area contributed by atoms with Gasteiger partial charge in [0.2, 0.25) is 12.5 Å².